The first-order valence-corrected chi connectivity index (χ1v) is 5.67. The smallest absolute Gasteiger partial charge is 0.189 e. The molecule has 1 N–H and O–H groups in total. The summed E-state index contributed by atoms with van der Waals surface area (Å²) in [6, 6.07) is 18.1. The Balaban J connectivity index is 1.77. The van der Waals surface area contributed by atoms with Crippen molar-refractivity contribution in [3.05, 3.63) is 66.2 Å². The summed E-state index contributed by atoms with van der Waals surface area (Å²) in [6.45, 7) is 0. The van der Waals surface area contributed by atoms with Gasteiger partial charge in [0.1, 0.15) is 5.75 Å². The number of nitrogens with one attached hydrogen (secondary N) is 1. The Hall–Kier alpha value is -2.22. The molecule has 0 saturated heterocycles. The molecule has 0 amide bonds. The van der Waals surface area contributed by atoms with Gasteiger partial charge in [-0.15, -0.1) is 0 Å². The van der Waals surface area contributed by atoms with Gasteiger partial charge in [-0.25, -0.2) is 0 Å². The molecular weight excluding hydrogens is 210 g/mol. The van der Waals surface area contributed by atoms with Crippen LogP contribution in [0, 0.1) is 0 Å². The lowest BCUT2D eigenvalue weighted by atomic mass is 10.1. The largest absolute Gasteiger partial charge is 0.467 e. The third-order valence-corrected chi connectivity index (χ3v) is 2.71. The molecule has 0 radical (unpaired) electrons. The SMILES string of the molecule is C1=CC(Nc2ccccc2)Oc2ccccc21. The zero-order valence-electron chi connectivity index (χ0n) is 9.34. The van der Waals surface area contributed by atoms with Crippen molar-refractivity contribution in [2.75, 3.05) is 5.32 Å². The van der Waals surface area contributed by atoms with Gasteiger partial charge < -0.3 is 10.1 Å². The first-order valence-electron chi connectivity index (χ1n) is 5.67. The van der Waals surface area contributed by atoms with Crippen LogP contribution < -0.4 is 10.1 Å². The molecule has 2 nitrogen and oxygen atoms in total. The van der Waals surface area contributed by atoms with Crippen molar-refractivity contribution in [3.8, 4) is 5.75 Å². The van der Waals surface area contributed by atoms with E-state index in [0.29, 0.717) is 0 Å². The third kappa shape index (κ3) is 2.16. The molecule has 2 heteroatoms. The molecule has 1 atom stereocenters. The predicted molar refractivity (Wildman–Crippen MR) is 70.0 cm³/mol. The molecule has 17 heavy (non-hydrogen) atoms. The number of hydrogen-bond donors (Lipinski definition) is 1. The van der Waals surface area contributed by atoms with Gasteiger partial charge in [-0.05, 0) is 30.4 Å². The van der Waals surface area contributed by atoms with Gasteiger partial charge in [0.05, 0.1) is 0 Å². The van der Waals surface area contributed by atoms with Crippen molar-refractivity contribution in [2.45, 2.75) is 6.23 Å². The molecular formula is C15H13NO. The Kier molecular flexibility index (Phi) is 2.54. The molecule has 1 unspecified atom stereocenters. The van der Waals surface area contributed by atoms with Gasteiger partial charge in [0, 0.05) is 11.3 Å². The molecule has 84 valence electrons. The second-order valence-corrected chi connectivity index (χ2v) is 3.95. The number of benzene rings is 2. The van der Waals surface area contributed by atoms with Crippen LogP contribution in [0.1, 0.15) is 5.56 Å². The lowest BCUT2D eigenvalue weighted by molar-refractivity contribution is 0.274. The first-order chi connectivity index (χ1) is 8.42. The van der Waals surface area contributed by atoms with Crippen LogP contribution in [-0.4, -0.2) is 6.23 Å². The van der Waals surface area contributed by atoms with Gasteiger partial charge in [0.15, 0.2) is 6.23 Å². The topological polar surface area (TPSA) is 21.3 Å². The number of ether oxygens (including phenoxy) is 1. The van der Waals surface area contributed by atoms with Crippen LogP contribution in [0.15, 0.2) is 60.7 Å². The lowest BCUT2D eigenvalue weighted by Gasteiger charge is -2.23. The highest BCUT2D eigenvalue weighted by molar-refractivity contribution is 5.61. The zero-order chi connectivity index (χ0) is 11.5. The Morgan fingerprint density at radius 3 is 2.53 bits per heavy atom. The fraction of sp³-hybridized carbons (Fsp3) is 0.0667. The monoisotopic (exact) mass is 223 g/mol. The van der Waals surface area contributed by atoms with Gasteiger partial charge in [0.25, 0.3) is 0 Å². The van der Waals surface area contributed by atoms with Crippen LogP contribution in [-0.2, 0) is 0 Å². The fourth-order valence-corrected chi connectivity index (χ4v) is 1.87. The first kappa shape index (κ1) is 9.97. The number of rotatable bonds is 2. The molecule has 0 aromatic heterocycles. The van der Waals surface area contributed by atoms with Crippen LogP contribution in [0.5, 0.6) is 5.75 Å². The summed E-state index contributed by atoms with van der Waals surface area (Å²) in [5.74, 6) is 0.920. The molecule has 3 rings (SSSR count). The third-order valence-electron chi connectivity index (χ3n) is 2.71. The summed E-state index contributed by atoms with van der Waals surface area (Å²) < 4.78 is 5.84. The molecule has 0 saturated carbocycles. The van der Waals surface area contributed by atoms with Gasteiger partial charge in [-0.2, -0.15) is 0 Å². The van der Waals surface area contributed by atoms with E-state index in [4.69, 9.17) is 4.74 Å². The highest BCUT2D eigenvalue weighted by atomic mass is 16.5. The Morgan fingerprint density at radius 1 is 0.882 bits per heavy atom. The van der Waals surface area contributed by atoms with E-state index in [0.717, 1.165) is 17.0 Å². The molecule has 2 aromatic carbocycles. The Morgan fingerprint density at radius 2 is 1.65 bits per heavy atom. The quantitative estimate of drug-likeness (QED) is 0.841. The van der Waals surface area contributed by atoms with Crippen molar-refractivity contribution in [1.29, 1.82) is 0 Å². The van der Waals surface area contributed by atoms with Crippen LogP contribution in [0.3, 0.4) is 0 Å². The van der Waals surface area contributed by atoms with E-state index in [1.165, 1.54) is 0 Å². The minimum atomic E-state index is -0.104. The van der Waals surface area contributed by atoms with E-state index in [9.17, 15) is 0 Å². The molecule has 1 heterocycles. The summed E-state index contributed by atoms with van der Waals surface area (Å²) in [6.07, 6.45) is 4.00. The summed E-state index contributed by atoms with van der Waals surface area (Å²) in [7, 11) is 0. The van der Waals surface area contributed by atoms with E-state index in [2.05, 4.69) is 11.4 Å². The average molecular weight is 223 g/mol. The van der Waals surface area contributed by atoms with Crippen LogP contribution in [0.25, 0.3) is 6.08 Å². The maximum Gasteiger partial charge on any atom is 0.189 e. The summed E-state index contributed by atoms with van der Waals surface area (Å²) >= 11 is 0. The van der Waals surface area contributed by atoms with E-state index in [-0.39, 0.29) is 6.23 Å². The molecule has 1 aliphatic rings. The van der Waals surface area contributed by atoms with Crippen molar-refractivity contribution in [2.24, 2.45) is 0 Å². The van der Waals surface area contributed by atoms with E-state index in [1.54, 1.807) is 0 Å². The number of hydrogen-bond acceptors (Lipinski definition) is 2. The highest BCUT2D eigenvalue weighted by Gasteiger charge is 2.13. The lowest BCUT2D eigenvalue weighted by Crippen LogP contribution is -2.25. The Bertz CT molecular complexity index is 534. The molecule has 0 aliphatic carbocycles. The van der Waals surface area contributed by atoms with E-state index < -0.39 is 0 Å². The maximum absolute atomic E-state index is 5.84. The van der Waals surface area contributed by atoms with Gasteiger partial charge >= 0.3 is 0 Å². The Labute approximate surface area is 101 Å². The number of anilines is 1. The van der Waals surface area contributed by atoms with E-state index in [1.807, 2.05) is 60.7 Å². The summed E-state index contributed by atoms with van der Waals surface area (Å²) in [5, 5.41) is 3.31. The normalized spacial score (nSPS) is 17.1. The van der Waals surface area contributed by atoms with E-state index >= 15 is 0 Å². The zero-order valence-corrected chi connectivity index (χ0v) is 9.34. The molecule has 2 aromatic rings. The standard InChI is InChI=1S/C15H13NO/c1-2-7-13(8-3-1)16-15-11-10-12-6-4-5-9-14(12)17-15/h1-11,15-16H. The second-order valence-electron chi connectivity index (χ2n) is 3.95. The minimum Gasteiger partial charge on any atom is -0.467 e. The number of para-hydroxylation sites is 2. The van der Waals surface area contributed by atoms with Crippen molar-refractivity contribution < 1.29 is 4.74 Å². The van der Waals surface area contributed by atoms with Crippen LogP contribution in [0.2, 0.25) is 0 Å². The molecule has 0 fully saturated rings. The fourth-order valence-electron chi connectivity index (χ4n) is 1.87. The summed E-state index contributed by atoms with van der Waals surface area (Å²) in [5.41, 5.74) is 2.18. The number of fused-ring (bicyclic) bond motifs is 1. The summed E-state index contributed by atoms with van der Waals surface area (Å²) in [4.78, 5) is 0. The minimum absolute atomic E-state index is 0.104. The van der Waals surface area contributed by atoms with Crippen molar-refractivity contribution >= 4 is 11.8 Å². The van der Waals surface area contributed by atoms with Crippen molar-refractivity contribution in [1.82, 2.24) is 0 Å². The maximum atomic E-state index is 5.84. The van der Waals surface area contributed by atoms with Crippen LogP contribution in [0.4, 0.5) is 5.69 Å². The van der Waals surface area contributed by atoms with Gasteiger partial charge in [0.2, 0.25) is 0 Å². The molecule has 0 bridgehead atoms. The predicted octanol–water partition coefficient (Wildman–Crippen LogP) is 3.53. The second kappa shape index (κ2) is 4.34. The van der Waals surface area contributed by atoms with Gasteiger partial charge in [-0.3, -0.25) is 0 Å². The van der Waals surface area contributed by atoms with Gasteiger partial charge in [-0.1, -0.05) is 36.4 Å². The molecule has 1 aliphatic heterocycles. The van der Waals surface area contributed by atoms with Crippen LogP contribution >= 0.6 is 0 Å². The highest BCUT2D eigenvalue weighted by Crippen LogP contribution is 2.25. The van der Waals surface area contributed by atoms with Crippen molar-refractivity contribution in [3.63, 3.8) is 0 Å². The molecule has 0 spiro atoms. The average Bonchev–Trinajstić information content (AvgIpc) is 2.40.